The summed E-state index contributed by atoms with van der Waals surface area (Å²) in [5, 5.41) is 1.08. The van der Waals surface area contributed by atoms with Crippen molar-refractivity contribution in [2.24, 2.45) is 16.8 Å². The Kier molecular flexibility index (Phi) is 4.29. The van der Waals surface area contributed by atoms with Crippen LogP contribution >= 0.6 is 0 Å². The van der Waals surface area contributed by atoms with Gasteiger partial charge in [0.1, 0.15) is 17.0 Å². The average Bonchev–Trinajstić information content (AvgIpc) is 3.74. The van der Waals surface area contributed by atoms with Crippen molar-refractivity contribution in [1.29, 1.82) is 0 Å². The Hall–Kier alpha value is -3.41. The molecule has 6 nitrogen and oxygen atoms in total. The van der Waals surface area contributed by atoms with Crippen LogP contribution in [0.25, 0.3) is 22.1 Å². The smallest absolute Gasteiger partial charge is 0.256 e. The number of amides is 2. The summed E-state index contributed by atoms with van der Waals surface area (Å²) in [6.07, 6.45) is 6.42. The Morgan fingerprint density at radius 2 is 1.76 bits per heavy atom. The van der Waals surface area contributed by atoms with Crippen LogP contribution in [0.2, 0.25) is 0 Å². The highest BCUT2D eigenvalue weighted by Gasteiger charge is 2.57. The van der Waals surface area contributed by atoms with Gasteiger partial charge < -0.3 is 9.32 Å². The molecule has 172 valence electrons. The second-order valence-electron chi connectivity index (χ2n) is 10.3. The molecule has 1 aromatic heterocycles. The lowest BCUT2D eigenvalue weighted by Crippen LogP contribution is -2.40. The first kappa shape index (κ1) is 20.0. The molecule has 3 heterocycles. The van der Waals surface area contributed by atoms with Crippen molar-refractivity contribution in [2.45, 2.75) is 37.6 Å². The third-order valence-electron chi connectivity index (χ3n) is 7.84. The van der Waals surface area contributed by atoms with Crippen LogP contribution in [0.5, 0.6) is 0 Å². The van der Waals surface area contributed by atoms with Crippen molar-refractivity contribution < 1.29 is 14.0 Å². The van der Waals surface area contributed by atoms with Crippen LogP contribution in [0.4, 0.5) is 0 Å². The molecule has 0 unspecified atom stereocenters. The Morgan fingerprint density at radius 1 is 1.00 bits per heavy atom. The molecule has 34 heavy (non-hydrogen) atoms. The third-order valence-corrected chi connectivity index (χ3v) is 7.84. The van der Waals surface area contributed by atoms with Crippen LogP contribution in [-0.2, 0) is 9.59 Å². The van der Waals surface area contributed by atoms with Gasteiger partial charge in [-0.1, -0.05) is 30.3 Å². The van der Waals surface area contributed by atoms with Crippen molar-refractivity contribution in [3.05, 3.63) is 60.4 Å². The van der Waals surface area contributed by atoms with Gasteiger partial charge >= 0.3 is 0 Å². The fourth-order valence-corrected chi connectivity index (χ4v) is 5.48. The van der Waals surface area contributed by atoms with E-state index in [2.05, 4.69) is 36.4 Å². The topological polar surface area (TPSA) is 66.1 Å². The van der Waals surface area contributed by atoms with Gasteiger partial charge in [-0.15, -0.1) is 0 Å². The first-order valence-corrected chi connectivity index (χ1v) is 12.4. The van der Waals surface area contributed by atoms with Gasteiger partial charge in [-0.2, -0.15) is 0 Å². The summed E-state index contributed by atoms with van der Waals surface area (Å²) < 4.78 is 5.46. The van der Waals surface area contributed by atoms with Gasteiger partial charge in [0.2, 0.25) is 5.91 Å². The Balaban J connectivity index is 1.12. The lowest BCUT2D eigenvalue weighted by Gasteiger charge is -2.23. The number of rotatable bonds is 5. The summed E-state index contributed by atoms with van der Waals surface area (Å²) in [6.45, 7) is 2.22. The number of carbonyl (C=O) groups excluding carboxylic acids is 2. The zero-order valence-electron chi connectivity index (χ0n) is 19.1. The molecule has 3 aromatic rings. The molecule has 2 amide bonds. The Labute approximate surface area is 198 Å². The lowest BCUT2D eigenvalue weighted by molar-refractivity contribution is -0.131. The molecule has 0 N–H and O–H groups in total. The largest absolute Gasteiger partial charge is 0.464 e. The quantitative estimate of drug-likeness (QED) is 0.572. The zero-order chi connectivity index (χ0) is 22.9. The predicted octanol–water partition coefficient (Wildman–Crippen LogP) is 4.48. The van der Waals surface area contributed by atoms with Gasteiger partial charge in [0.05, 0.1) is 6.26 Å². The number of carbonyl (C=O) groups is 2. The van der Waals surface area contributed by atoms with E-state index in [1.807, 2.05) is 21.9 Å². The molecular formula is C28H27N3O3. The van der Waals surface area contributed by atoms with Crippen LogP contribution in [0.15, 0.2) is 64.2 Å². The van der Waals surface area contributed by atoms with Gasteiger partial charge in [0.15, 0.2) is 0 Å². The molecule has 0 bridgehead atoms. The predicted molar refractivity (Wildman–Crippen MR) is 129 cm³/mol. The molecule has 6 heteroatoms. The van der Waals surface area contributed by atoms with E-state index in [0.29, 0.717) is 18.4 Å². The molecule has 3 fully saturated rings. The fourth-order valence-electron chi connectivity index (χ4n) is 5.48. The van der Waals surface area contributed by atoms with E-state index in [1.165, 1.54) is 0 Å². The molecule has 7 rings (SSSR count). The summed E-state index contributed by atoms with van der Waals surface area (Å²) in [5.74, 6) is 1.82. The normalized spacial score (nSPS) is 23.2. The lowest BCUT2D eigenvalue weighted by atomic mass is 10.0. The molecule has 1 saturated heterocycles. The van der Waals surface area contributed by atoms with Crippen molar-refractivity contribution in [1.82, 2.24) is 9.80 Å². The Morgan fingerprint density at radius 3 is 2.53 bits per heavy atom. The van der Waals surface area contributed by atoms with Gasteiger partial charge in [0.25, 0.3) is 5.91 Å². The number of nitrogens with zero attached hydrogens (tertiary/aromatic N) is 3. The zero-order valence-corrected chi connectivity index (χ0v) is 19.1. The minimum Gasteiger partial charge on any atom is -0.464 e. The van der Waals surface area contributed by atoms with Crippen molar-refractivity contribution >= 4 is 28.6 Å². The molecule has 2 aromatic carbocycles. The van der Waals surface area contributed by atoms with Gasteiger partial charge in [-0.3, -0.25) is 19.5 Å². The van der Waals surface area contributed by atoms with E-state index in [-0.39, 0.29) is 11.8 Å². The molecule has 2 aliphatic carbocycles. The monoisotopic (exact) mass is 453 g/mol. The van der Waals surface area contributed by atoms with E-state index >= 15 is 0 Å². The summed E-state index contributed by atoms with van der Waals surface area (Å²) in [5.41, 5.74) is 3.59. The van der Waals surface area contributed by atoms with E-state index in [0.717, 1.165) is 78.7 Å². The van der Waals surface area contributed by atoms with E-state index < -0.39 is 5.54 Å². The first-order valence-electron chi connectivity index (χ1n) is 12.4. The van der Waals surface area contributed by atoms with Crippen molar-refractivity contribution in [3.63, 3.8) is 0 Å². The van der Waals surface area contributed by atoms with Gasteiger partial charge in [-0.05, 0) is 67.3 Å². The maximum absolute atomic E-state index is 13.3. The van der Waals surface area contributed by atoms with Gasteiger partial charge in [-0.25, -0.2) is 0 Å². The van der Waals surface area contributed by atoms with Crippen molar-refractivity contribution in [2.75, 3.05) is 19.6 Å². The molecule has 2 saturated carbocycles. The molecular weight excluding hydrogens is 426 g/mol. The van der Waals surface area contributed by atoms with Crippen LogP contribution in [0.3, 0.4) is 0 Å². The van der Waals surface area contributed by atoms with Gasteiger partial charge in [0, 0.05) is 36.5 Å². The molecule has 0 radical (unpaired) electrons. The SMILES string of the molecule is O=C(C1CC1)N1CC[C@@H](CN2C(=O)C3(CC3)N=C2c2ccc(-c3ccc4occc4c3)cc2)C1. The maximum Gasteiger partial charge on any atom is 0.256 e. The molecule has 2 aliphatic heterocycles. The summed E-state index contributed by atoms with van der Waals surface area (Å²) in [4.78, 5) is 34.6. The van der Waals surface area contributed by atoms with E-state index in [4.69, 9.17) is 9.41 Å². The second kappa shape index (κ2) is 7.29. The standard InChI is InChI=1S/C28H27N3O3/c32-26(21-5-6-21)30-13-9-18(16-30)17-31-25(29-28(11-12-28)27(31)33)20-3-1-19(2-4-20)22-7-8-24-23(15-22)10-14-34-24/h1-4,7-8,10,14-15,18,21H,5-6,9,11-13,16-17H2/t18-/m1/s1. The fraction of sp³-hybridized carbons (Fsp3) is 0.393. The minimum absolute atomic E-state index is 0.143. The van der Waals surface area contributed by atoms with E-state index in [1.54, 1.807) is 6.26 Å². The van der Waals surface area contributed by atoms with Crippen LogP contribution < -0.4 is 0 Å². The minimum atomic E-state index is -0.525. The average molecular weight is 454 g/mol. The van der Waals surface area contributed by atoms with Crippen molar-refractivity contribution in [3.8, 4) is 11.1 Å². The summed E-state index contributed by atoms with van der Waals surface area (Å²) in [7, 11) is 0. The maximum atomic E-state index is 13.3. The first-order chi connectivity index (χ1) is 16.6. The highest BCUT2D eigenvalue weighted by molar-refractivity contribution is 6.16. The number of fused-ring (bicyclic) bond motifs is 1. The van der Waals surface area contributed by atoms with Crippen LogP contribution in [0.1, 0.15) is 37.7 Å². The molecule has 1 spiro atoms. The highest BCUT2D eigenvalue weighted by atomic mass is 16.3. The molecule has 1 atom stereocenters. The number of hydrogen-bond donors (Lipinski definition) is 0. The highest BCUT2D eigenvalue weighted by Crippen LogP contribution is 2.46. The number of aliphatic imine (C=N–C) groups is 1. The summed E-state index contributed by atoms with van der Waals surface area (Å²) >= 11 is 0. The third kappa shape index (κ3) is 3.27. The number of likely N-dealkylation sites (tertiary alicyclic amines) is 1. The molecule has 4 aliphatic rings. The van der Waals surface area contributed by atoms with Crippen LogP contribution in [0, 0.1) is 11.8 Å². The van der Waals surface area contributed by atoms with E-state index in [9.17, 15) is 9.59 Å². The summed E-state index contributed by atoms with van der Waals surface area (Å²) in [6, 6.07) is 16.5. The number of furan rings is 1. The second-order valence-corrected chi connectivity index (χ2v) is 10.3. The number of hydrogen-bond acceptors (Lipinski definition) is 4. The van der Waals surface area contributed by atoms with Crippen LogP contribution in [-0.4, -0.2) is 52.6 Å². The Bertz CT molecular complexity index is 1330. The number of benzene rings is 2. The number of amidine groups is 1.